The lowest BCUT2D eigenvalue weighted by Crippen LogP contribution is -2.03. The van der Waals surface area contributed by atoms with E-state index >= 15 is 0 Å². The standard InChI is InChI=1S/C20H20ClNO2/c1-24-19-10-5-9-16-17(14-22(20(16)19)12-6-11-21)18(23)13-15-7-3-2-4-8-15/h2-5,7-10,14H,6,11-13H2,1H3. The van der Waals surface area contributed by atoms with Crippen molar-refractivity contribution in [3.05, 3.63) is 65.9 Å². The SMILES string of the molecule is COc1cccc2c(C(=O)Cc3ccccc3)cn(CCCCl)c12. The third-order valence-electron chi connectivity index (χ3n) is 4.12. The summed E-state index contributed by atoms with van der Waals surface area (Å²) in [5, 5.41) is 0.935. The molecule has 0 atom stereocenters. The maximum Gasteiger partial charge on any atom is 0.169 e. The lowest BCUT2D eigenvalue weighted by Gasteiger charge is -2.07. The molecule has 3 nitrogen and oxygen atoms in total. The first-order chi connectivity index (χ1) is 11.7. The summed E-state index contributed by atoms with van der Waals surface area (Å²) in [6, 6.07) is 15.6. The summed E-state index contributed by atoms with van der Waals surface area (Å²) in [6.07, 6.45) is 3.17. The average molecular weight is 342 g/mol. The van der Waals surface area contributed by atoms with Crippen molar-refractivity contribution in [3.63, 3.8) is 0 Å². The molecule has 0 unspecified atom stereocenters. The van der Waals surface area contributed by atoms with Crippen LogP contribution in [0.15, 0.2) is 54.7 Å². The molecular weight excluding hydrogens is 322 g/mol. The van der Waals surface area contributed by atoms with Crippen LogP contribution in [-0.2, 0) is 13.0 Å². The summed E-state index contributed by atoms with van der Waals surface area (Å²) in [6.45, 7) is 0.763. The summed E-state index contributed by atoms with van der Waals surface area (Å²) in [5.74, 6) is 1.48. The van der Waals surface area contributed by atoms with Gasteiger partial charge in [-0.1, -0.05) is 42.5 Å². The number of fused-ring (bicyclic) bond motifs is 1. The van der Waals surface area contributed by atoms with E-state index in [0.717, 1.165) is 40.7 Å². The van der Waals surface area contributed by atoms with Gasteiger partial charge in [0.2, 0.25) is 0 Å². The van der Waals surface area contributed by atoms with Gasteiger partial charge in [-0.2, -0.15) is 0 Å². The van der Waals surface area contributed by atoms with Gasteiger partial charge in [-0.3, -0.25) is 4.79 Å². The number of ether oxygens (including phenoxy) is 1. The van der Waals surface area contributed by atoms with Crippen LogP contribution in [0.3, 0.4) is 0 Å². The molecule has 1 aromatic heterocycles. The molecule has 4 heteroatoms. The maximum absolute atomic E-state index is 12.8. The molecule has 1 heterocycles. The number of Topliss-reactive ketones (excluding diaryl/α,β-unsaturated/α-hetero) is 1. The van der Waals surface area contributed by atoms with Gasteiger partial charge in [-0.15, -0.1) is 11.6 Å². The van der Waals surface area contributed by atoms with Gasteiger partial charge < -0.3 is 9.30 Å². The Morgan fingerprint density at radius 1 is 1.12 bits per heavy atom. The lowest BCUT2D eigenvalue weighted by atomic mass is 10.0. The fourth-order valence-corrected chi connectivity index (χ4v) is 3.12. The topological polar surface area (TPSA) is 31.2 Å². The average Bonchev–Trinajstić information content (AvgIpc) is 3.00. The number of aryl methyl sites for hydroxylation is 1. The van der Waals surface area contributed by atoms with Crippen LogP contribution < -0.4 is 4.74 Å². The molecular formula is C20H20ClNO2. The second kappa shape index (κ2) is 7.54. The molecule has 0 bridgehead atoms. The van der Waals surface area contributed by atoms with E-state index in [2.05, 4.69) is 4.57 Å². The van der Waals surface area contributed by atoms with Gasteiger partial charge in [-0.05, 0) is 18.1 Å². The molecule has 24 heavy (non-hydrogen) atoms. The zero-order valence-electron chi connectivity index (χ0n) is 13.7. The highest BCUT2D eigenvalue weighted by Crippen LogP contribution is 2.31. The van der Waals surface area contributed by atoms with E-state index in [1.165, 1.54) is 0 Å². The number of methoxy groups -OCH3 is 1. The molecule has 0 amide bonds. The maximum atomic E-state index is 12.8. The van der Waals surface area contributed by atoms with Crippen molar-refractivity contribution in [1.29, 1.82) is 0 Å². The van der Waals surface area contributed by atoms with E-state index in [-0.39, 0.29) is 5.78 Å². The first-order valence-corrected chi connectivity index (χ1v) is 8.57. The van der Waals surface area contributed by atoms with E-state index in [4.69, 9.17) is 16.3 Å². The van der Waals surface area contributed by atoms with Crippen molar-refractivity contribution in [2.45, 2.75) is 19.4 Å². The Morgan fingerprint density at radius 2 is 1.92 bits per heavy atom. The van der Waals surface area contributed by atoms with E-state index in [0.29, 0.717) is 12.3 Å². The van der Waals surface area contributed by atoms with Crippen LogP contribution >= 0.6 is 11.6 Å². The van der Waals surface area contributed by atoms with Crippen LogP contribution in [0.1, 0.15) is 22.3 Å². The Balaban J connectivity index is 2.02. The number of alkyl halides is 1. The monoisotopic (exact) mass is 341 g/mol. The highest BCUT2D eigenvalue weighted by atomic mass is 35.5. The molecule has 0 aliphatic rings. The lowest BCUT2D eigenvalue weighted by molar-refractivity contribution is 0.0994. The Hall–Kier alpha value is -2.26. The number of aromatic nitrogens is 1. The van der Waals surface area contributed by atoms with Crippen molar-refractivity contribution in [2.24, 2.45) is 0 Å². The van der Waals surface area contributed by atoms with E-state index in [1.807, 2.05) is 54.7 Å². The zero-order chi connectivity index (χ0) is 16.9. The molecule has 0 spiro atoms. The molecule has 0 saturated heterocycles. The first-order valence-electron chi connectivity index (χ1n) is 8.03. The Labute approximate surface area is 146 Å². The van der Waals surface area contributed by atoms with Gasteiger partial charge in [0.15, 0.2) is 5.78 Å². The Bertz CT molecular complexity index is 839. The largest absolute Gasteiger partial charge is 0.495 e. The van der Waals surface area contributed by atoms with E-state index in [9.17, 15) is 4.79 Å². The Morgan fingerprint density at radius 3 is 2.62 bits per heavy atom. The molecule has 0 saturated carbocycles. The number of halogens is 1. The molecule has 3 aromatic rings. The second-order valence-corrected chi connectivity index (χ2v) is 6.10. The summed E-state index contributed by atoms with van der Waals surface area (Å²) < 4.78 is 7.57. The van der Waals surface area contributed by atoms with Crippen molar-refractivity contribution in [3.8, 4) is 5.75 Å². The third kappa shape index (κ3) is 3.31. The van der Waals surface area contributed by atoms with Crippen LogP contribution in [0.5, 0.6) is 5.75 Å². The highest BCUT2D eigenvalue weighted by molar-refractivity contribution is 6.17. The van der Waals surface area contributed by atoms with E-state index in [1.54, 1.807) is 7.11 Å². The van der Waals surface area contributed by atoms with Crippen molar-refractivity contribution >= 4 is 28.3 Å². The van der Waals surface area contributed by atoms with Gasteiger partial charge in [-0.25, -0.2) is 0 Å². The van der Waals surface area contributed by atoms with Gasteiger partial charge in [0.05, 0.1) is 12.6 Å². The van der Waals surface area contributed by atoms with Crippen LogP contribution in [0.4, 0.5) is 0 Å². The third-order valence-corrected chi connectivity index (χ3v) is 4.39. The summed E-state index contributed by atoms with van der Waals surface area (Å²) in [7, 11) is 1.65. The number of carbonyl (C=O) groups excluding carboxylic acids is 1. The van der Waals surface area contributed by atoms with Gasteiger partial charge >= 0.3 is 0 Å². The Kier molecular flexibility index (Phi) is 5.21. The van der Waals surface area contributed by atoms with E-state index < -0.39 is 0 Å². The van der Waals surface area contributed by atoms with Crippen molar-refractivity contribution in [1.82, 2.24) is 4.57 Å². The van der Waals surface area contributed by atoms with Crippen LogP contribution in [0.25, 0.3) is 10.9 Å². The second-order valence-electron chi connectivity index (χ2n) is 5.72. The van der Waals surface area contributed by atoms with Crippen molar-refractivity contribution < 1.29 is 9.53 Å². The quantitative estimate of drug-likeness (QED) is 0.460. The number of carbonyl (C=O) groups is 1. The number of benzene rings is 2. The van der Waals surface area contributed by atoms with Gasteiger partial charge in [0.25, 0.3) is 0 Å². The minimum atomic E-state index is 0.115. The number of para-hydroxylation sites is 1. The van der Waals surface area contributed by atoms with Crippen LogP contribution in [0, 0.1) is 0 Å². The number of hydrogen-bond donors (Lipinski definition) is 0. The predicted molar refractivity (Wildman–Crippen MR) is 98.3 cm³/mol. The minimum Gasteiger partial charge on any atom is -0.495 e. The van der Waals surface area contributed by atoms with Gasteiger partial charge in [0, 0.05) is 36.0 Å². The fourth-order valence-electron chi connectivity index (χ4n) is 3.00. The number of ketones is 1. The smallest absolute Gasteiger partial charge is 0.169 e. The first kappa shape index (κ1) is 16.6. The van der Waals surface area contributed by atoms with Crippen LogP contribution in [0.2, 0.25) is 0 Å². The highest BCUT2D eigenvalue weighted by Gasteiger charge is 2.18. The molecule has 3 rings (SSSR count). The number of hydrogen-bond acceptors (Lipinski definition) is 2. The van der Waals surface area contributed by atoms with Crippen molar-refractivity contribution in [2.75, 3.05) is 13.0 Å². The molecule has 0 N–H and O–H groups in total. The molecule has 124 valence electrons. The normalized spacial score (nSPS) is 10.9. The fraction of sp³-hybridized carbons (Fsp3) is 0.250. The molecule has 0 aliphatic heterocycles. The summed E-state index contributed by atoms with van der Waals surface area (Å²) in [5.41, 5.74) is 2.72. The summed E-state index contributed by atoms with van der Waals surface area (Å²) in [4.78, 5) is 12.8. The molecule has 2 aromatic carbocycles. The summed E-state index contributed by atoms with van der Waals surface area (Å²) >= 11 is 5.84. The molecule has 0 aliphatic carbocycles. The predicted octanol–water partition coefficient (Wildman–Crippen LogP) is 4.70. The minimum absolute atomic E-state index is 0.115. The molecule has 0 radical (unpaired) electrons. The zero-order valence-corrected chi connectivity index (χ0v) is 14.4. The number of nitrogens with zero attached hydrogens (tertiary/aromatic N) is 1. The molecule has 0 fully saturated rings. The number of rotatable bonds is 7. The van der Waals surface area contributed by atoms with Crippen LogP contribution in [-0.4, -0.2) is 23.3 Å². The van der Waals surface area contributed by atoms with Gasteiger partial charge in [0.1, 0.15) is 5.75 Å².